The van der Waals surface area contributed by atoms with E-state index in [2.05, 4.69) is 10.6 Å². The van der Waals surface area contributed by atoms with Gasteiger partial charge in [0, 0.05) is 43.7 Å². The third kappa shape index (κ3) is 6.28. The Kier molecular flexibility index (Phi) is 9.54. The lowest BCUT2D eigenvalue weighted by Gasteiger charge is -2.36. The molecular formula is C35H42N4O5. The SMILES string of the molecule is COc1ccc(C(=O)C2C(c3ccc(OC)cc3)C(C(=O)N3CCNCC3)N(C(=O)NC(C)C)C2c2ccc(C)cc2)cc1. The molecule has 2 aliphatic heterocycles. The largest absolute Gasteiger partial charge is 0.497 e. The molecule has 9 heteroatoms. The number of amides is 3. The molecule has 3 aromatic rings. The van der Waals surface area contributed by atoms with Crippen LogP contribution in [0.15, 0.2) is 72.8 Å². The molecule has 0 bridgehead atoms. The fourth-order valence-corrected chi connectivity index (χ4v) is 6.43. The highest BCUT2D eigenvalue weighted by Gasteiger charge is 2.58. The van der Waals surface area contributed by atoms with Crippen LogP contribution in [0.4, 0.5) is 4.79 Å². The molecule has 232 valence electrons. The zero-order chi connectivity index (χ0) is 31.4. The van der Waals surface area contributed by atoms with Gasteiger partial charge in [-0.15, -0.1) is 0 Å². The zero-order valence-corrected chi connectivity index (χ0v) is 26.1. The number of carbonyl (C=O) groups is 3. The summed E-state index contributed by atoms with van der Waals surface area (Å²) < 4.78 is 10.8. The Morgan fingerprint density at radius 2 is 1.36 bits per heavy atom. The number of aryl methyl sites for hydroxylation is 1. The van der Waals surface area contributed by atoms with Crippen molar-refractivity contribution in [3.63, 3.8) is 0 Å². The minimum absolute atomic E-state index is 0.142. The van der Waals surface area contributed by atoms with E-state index in [0.29, 0.717) is 43.2 Å². The van der Waals surface area contributed by atoms with Crippen molar-refractivity contribution in [3.05, 3.63) is 95.1 Å². The molecule has 4 atom stereocenters. The standard InChI is InChI=1S/C35H42N4O5/c1-22(2)37-35(42)39-31(25-8-6-23(3)7-9-25)30(33(40)26-12-16-28(44-5)17-13-26)29(24-10-14-27(43-4)15-11-24)32(39)34(41)38-20-18-36-19-21-38/h6-17,22,29-32,36H,18-21H2,1-5H3,(H,37,42). The molecule has 0 aliphatic carbocycles. The quantitative estimate of drug-likeness (QED) is 0.369. The third-order valence-corrected chi connectivity index (χ3v) is 8.59. The fourth-order valence-electron chi connectivity index (χ4n) is 6.43. The summed E-state index contributed by atoms with van der Waals surface area (Å²) in [6, 6.07) is 20.3. The Hall–Kier alpha value is -4.37. The molecule has 3 amide bonds. The molecule has 0 radical (unpaired) electrons. The van der Waals surface area contributed by atoms with E-state index < -0.39 is 23.9 Å². The van der Waals surface area contributed by atoms with E-state index in [-0.39, 0.29) is 23.8 Å². The van der Waals surface area contributed by atoms with E-state index in [0.717, 1.165) is 16.7 Å². The maximum absolute atomic E-state index is 14.8. The van der Waals surface area contributed by atoms with Gasteiger partial charge in [-0.1, -0.05) is 42.0 Å². The van der Waals surface area contributed by atoms with Gasteiger partial charge in [0.1, 0.15) is 17.5 Å². The molecule has 2 aliphatic rings. The van der Waals surface area contributed by atoms with E-state index >= 15 is 0 Å². The van der Waals surface area contributed by atoms with E-state index in [1.807, 2.05) is 74.2 Å². The van der Waals surface area contributed by atoms with Crippen LogP contribution in [0.5, 0.6) is 11.5 Å². The number of ketones is 1. The summed E-state index contributed by atoms with van der Waals surface area (Å²) in [5.41, 5.74) is 3.15. The fraction of sp³-hybridized carbons (Fsp3) is 0.400. The molecule has 0 saturated carbocycles. The predicted molar refractivity (Wildman–Crippen MR) is 169 cm³/mol. The predicted octanol–water partition coefficient (Wildman–Crippen LogP) is 4.57. The topological polar surface area (TPSA) is 100 Å². The van der Waals surface area contributed by atoms with Gasteiger partial charge in [-0.25, -0.2) is 4.79 Å². The van der Waals surface area contributed by atoms with Gasteiger partial charge in [0.05, 0.1) is 26.2 Å². The van der Waals surface area contributed by atoms with E-state index in [1.54, 1.807) is 43.4 Å². The number of benzene rings is 3. The summed E-state index contributed by atoms with van der Waals surface area (Å²) in [6.07, 6.45) is 0. The number of methoxy groups -OCH3 is 2. The molecule has 0 spiro atoms. The zero-order valence-electron chi connectivity index (χ0n) is 26.1. The van der Waals surface area contributed by atoms with Crippen LogP contribution in [0, 0.1) is 12.8 Å². The Morgan fingerprint density at radius 3 is 1.91 bits per heavy atom. The van der Waals surface area contributed by atoms with Gasteiger partial charge in [-0.05, 0) is 68.3 Å². The first-order valence-corrected chi connectivity index (χ1v) is 15.2. The Bertz CT molecular complexity index is 1450. The van der Waals surface area contributed by atoms with Gasteiger partial charge in [0.25, 0.3) is 0 Å². The molecular weight excluding hydrogens is 556 g/mol. The molecule has 2 N–H and O–H groups in total. The van der Waals surface area contributed by atoms with Gasteiger partial charge in [-0.2, -0.15) is 0 Å². The number of carbonyl (C=O) groups excluding carboxylic acids is 3. The summed E-state index contributed by atoms with van der Waals surface area (Å²) in [5.74, 6) is -0.375. The molecule has 5 rings (SSSR count). The van der Waals surface area contributed by atoms with E-state index in [4.69, 9.17) is 9.47 Å². The average molecular weight is 599 g/mol. The third-order valence-electron chi connectivity index (χ3n) is 8.59. The van der Waals surface area contributed by atoms with Gasteiger partial charge in [0.2, 0.25) is 5.91 Å². The Balaban J connectivity index is 1.75. The second kappa shape index (κ2) is 13.5. The molecule has 3 aromatic carbocycles. The number of hydrogen-bond donors (Lipinski definition) is 2. The van der Waals surface area contributed by atoms with Crippen molar-refractivity contribution in [2.24, 2.45) is 5.92 Å². The number of ether oxygens (including phenoxy) is 2. The number of nitrogens with one attached hydrogen (secondary N) is 2. The van der Waals surface area contributed by atoms with Crippen molar-refractivity contribution in [2.75, 3.05) is 40.4 Å². The summed E-state index contributed by atoms with van der Waals surface area (Å²) >= 11 is 0. The molecule has 9 nitrogen and oxygen atoms in total. The monoisotopic (exact) mass is 598 g/mol. The van der Waals surface area contributed by atoms with Crippen LogP contribution in [0.25, 0.3) is 0 Å². The Labute approximate surface area is 259 Å². The van der Waals surface area contributed by atoms with Crippen LogP contribution in [0.1, 0.15) is 52.9 Å². The van der Waals surface area contributed by atoms with Gasteiger partial charge in [0.15, 0.2) is 5.78 Å². The normalized spacial score (nSPS) is 21.7. The first-order valence-electron chi connectivity index (χ1n) is 15.2. The van der Waals surface area contributed by atoms with Gasteiger partial charge in [-0.3, -0.25) is 9.59 Å². The highest BCUT2D eigenvalue weighted by Crippen LogP contribution is 2.52. The molecule has 4 unspecified atom stereocenters. The van der Waals surface area contributed by atoms with Crippen LogP contribution in [-0.4, -0.2) is 80.0 Å². The molecule has 2 saturated heterocycles. The highest BCUT2D eigenvalue weighted by atomic mass is 16.5. The molecule has 44 heavy (non-hydrogen) atoms. The minimum atomic E-state index is -0.918. The van der Waals surface area contributed by atoms with Crippen LogP contribution in [0.2, 0.25) is 0 Å². The van der Waals surface area contributed by atoms with Crippen molar-refractivity contribution in [3.8, 4) is 11.5 Å². The van der Waals surface area contributed by atoms with Crippen LogP contribution >= 0.6 is 0 Å². The second-order valence-electron chi connectivity index (χ2n) is 11.8. The number of Topliss-reactive ketones (excluding diaryl/α,β-unsaturated/α-hetero) is 1. The highest BCUT2D eigenvalue weighted by molar-refractivity contribution is 6.02. The van der Waals surface area contributed by atoms with Crippen LogP contribution in [0.3, 0.4) is 0 Å². The van der Waals surface area contributed by atoms with E-state index in [9.17, 15) is 14.4 Å². The number of rotatable bonds is 8. The van der Waals surface area contributed by atoms with Crippen LogP contribution in [-0.2, 0) is 4.79 Å². The number of hydrogen-bond acceptors (Lipinski definition) is 6. The molecule has 0 aromatic heterocycles. The number of nitrogens with zero attached hydrogens (tertiary/aromatic N) is 2. The first kappa shape index (κ1) is 31.1. The molecule has 2 heterocycles. The van der Waals surface area contributed by atoms with Crippen molar-refractivity contribution in [1.29, 1.82) is 0 Å². The minimum Gasteiger partial charge on any atom is -0.497 e. The van der Waals surface area contributed by atoms with Crippen molar-refractivity contribution < 1.29 is 23.9 Å². The van der Waals surface area contributed by atoms with Gasteiger partial charge >= 0.3 is 6.03 Å². The summed E-state index contributed by atoms with van der Waals surface area (Å²) in [5, 5.41) is 6.35. The second-order valence-corrected chi connectivity index (χ2v) is 11.8. The van der Waals surface area contributed by atoms with Crippen molar-refractivity contribution >= 4 is 17.7 Å². The summed E-state index contributed by atoms with van der Waals surface area (Å²) in [4.78, 5) is 47.2. The van der Waals surface area contributed by atoms with E-state index in [1.165, 1.54) is 0 Å². The lowest BCUT2D eigenvalue weighted by atomic mass is 9.75. The number of piperazine rings is 1. The maximum atomic E-state index is 14.8. The Morgan fingerprint density at radius 1 is 0.818 bits per heavy atom. The maximum Gasteiger partial charge on any atom is 0.318 e. The summed E-state index contributed by atoms with van der Waals surface area (Å²) in [7, 11) is 3.18. The van der Waals surface area contributed by atoms with Crippen molar-refractivity contribution in [2.45, 2.75) is 44.8 Å². The van der Waals surface area contributed by atoms with Gasteiger partial charge < -0.3 is 29.9 Å². The lowest BCUT2D eigenvalue weighted by molar-refractivity contribution is -0.136. The molecule has 2 fully saturated rings. The van der Waals surface area contributed by atoms with Crippen molar-refractivity contribution in [1.82, 2.24) is 20.4 Å². The summed E-state index contributed by atoms with van der Waals surface area (Å²) in [6.45, 7) is 8.16. The smallest absolute Gasteiger partial charge is 0.318 e. The number of urea groups is 1. The average Bonchev–Trinajstić information content (AvgIpc) is 3.41. The first-order chi connectivity index (χ1) is 21.2. The lowest BCUT2D eigenvalue weighted by Crippen LogP contribution is -2.56. The number of likely N-dealkylation sites (tertiary alicyclic amines) is 1. The van der Waals surface area contributed by atoms with Crippen LogP contribution < -0.4 is 20.1 Å².